The zero-order valence-corrected chi connectivity index (χ0v) is 13.4. The summed E-state index contributed by atoms with van der Waals surface area (Å²) in [6.07, 6.45) is 0. The predicted octanol–water partition coefficient (Wildman–Crippen LogP) is -1.35. The molecule has 0 saturated carbocycles. The molecule has 0 N–H and O–H groups in total. The Bertz CT molecular complexity index is 14.9. The first-order chi connectivity index (χ1) is 1.00. The summed E-state index contributed by atoms with van der Waals surface area (Å²) in [5.74, 6) is 0. The molecular formula is H6BiNbOSr+. The summed E-state index contributed by atoms with van der Waals surface area (Å²) in [6, 6.07) is 0. The van der Waals surface area contributed by atoms with E-state index in [0.29, 0.717) is 21.0 Å². The average Bonchev–Trinajstić information content (AvgIpc) is 1.00. The molecule has 0 fully saturated rings. The van der Waals surface area contributed by atoms with Crippen LogP contribution in [0.2, 0.25) is 0 Å². The molecule has 0 aromatic carbocycles. The number of rotatable bonds is 0. The fraction of sp³-hybridized carbons (Fsp3) is 0. The van der Waals surface area contributed by atoms with E-state index >= 15 is 0 Å². The van der Waals surface area contributed by atoms with Crippen LogP contribution in [0.5, 0.6) is 0 Å². The van der Waals surface area contributed by atoms with Gasteiger partial charge in [0.1, 0.15) is 0 Å². The van der Waals surface area contributed by atoms with E-state index < -0.39 is 0 Å². The second kappa shape index (κ2) is 16.8. The normalized spacial score (nSPS) is 0.750. The molecule has 0 aliphatic rings. The van der Waals surface area contributed by atoms with Crippen LogP contribution in [0, 0.1) is 0 Å². The molecule has 0 bridgehead atoms. The molecule has 0 radical (unpaired) electrons. The first kappa shape index (κ1) is 15.8. The molecule has 0 atom stereocenters. The maximum atomic E-state index is 8.30. The summed E-state index contributed by atoms with van der Waals surface area (Å²) in [6.45, 7) is 0. The monoisotopic (exact) mass is 412 g/mol. The van der Waals surface area contributed by atoms with Gasteiger partial charge in [-0.15, -0.1) is 0 Å². The first-order valence-electron chi connectivity index (χ1n) is 0.183. The topological polar surface area (TPSA) is 17.1 Å². The third kappa shape index (κ3) is 8.86. The van der Waals surface area contributed by atoms with E-state index in [0.717, 1.165) is 0 Å². The summed E-state index contributed by atoms with van der Waals surface area (Å²) in [7, 11) is 0. The molecule has 0 heterocycles. The Morgan fingerprint density at radius 2 is 1.75 bits per heavy atom. The van der Waals surface area contributed by atoms with Crippen LogP contribution in [0.4, 0.5) is 0 Å². The van der Waals surface area contributed by atoms with Gasteiger partial charge in [0, 0.05) is 0 Å². The van der Waals surface area contributed by atoms with E-state index in [4.69, 9.17) is 3.25 Å². The zero-order chi connectivity index (χ0) is 2.00. The van der Waals surface area contributed by atoms with Crippen molar-refractivity contribution in [1.29, 1.82) is 0 Å². The number of hydrogen-bond acceptors (Lipinski definition) is 1. The van der Waals surface area contributed by atoms with Crippen molar-refractivity contribution in [3.63, 3.8) is 0 Å². The molecule has 0 aromatic rings. The Morgan fingerprint density at radius 1 is 1.75 bits per heavy atom. The van der Waals surface area contributed by atoms with Gasteiger partial charge in [-0.3, -0.25) is 0 Å². The average molecular weight is 412 g/mol. The summed E-state index contributed by atoms with van der Waals surface area (Å²) in [5, 5.41) is 0. The molecule has 0 saturated heterocycles. The third-order valence-corrected chi connectivity index (χ3v) is 0. The van der Waals surface area contributed by atoms with Crippen molar-refractivity contribution >= 4 is 71.7 Å². The van der Waals surface area contributed by atoms with E-state index in [2.05, 4.69) is 0 Å². The van der Waals surface area contributed by atoms with Crippen LogP contribution in [-0.4, -0.2) is 71.7 Å². The van der Waals surface area contributed by atoms with Gasteiger partial charge in [-0.2, -0.15) is 0 Å². The van der Waals surface area contributed by atoms with Crippen molar-refractivity contribution in [3.8, 4) is 0 Å². The largest absolute Gasteiger partial charge is 2.00 e. The smallest absolute Gasteiger partial charge is 2.00 e. The van der Waals surface area contributed by atoms with E-state index in [-0.39, 0.29) is 76.0 Å². The molecule has 0 aliphatic carbocycles. The minimum atomic E-state index is 0. The summed E-state index contributed by atoms with van der Waals surface area (Å²) in [4.78, 5) is 0. The molecule has 0 amide bonds. The van der Waals surface area contributed by atoms with Gasteiger partial charge in [0.2, 0.25) is 0 Å². The van der Waals surface area contributed by atoms with Crippen LogP contribution >= 0.6 is 0 Å². The van der Waals surface area contributed by atoms with Crippen molar-refractivity contribution in [2.45, 2.75) is 0 Å². The molecule has 0 rings (SSSR count). The molecule has 0 aromatic heterocycles. The Kier molecular flexibility index (Phi) is 66.5. The van der Waals surface area contributed by atoms with Crippen LogP contribution in [0.3, 0.4) is 0 Å². The van der Waals surface area contributed by atoms with Gasteiger partial charge in [0.05, 0.1) is 0 Å². The van der Waals surface area contributed by atoms with Crippen molar-refractivity contribution in [2.75, 3.05) is 0 Å². The Labute approximate surface area is 98.0 Å². The molecule has 23 valence electrons. The third-order valence-electron chi connectivity index (χ3n) is 0. The van der Waals surface area contributed by atoms with Crippen LogP contribution in [0.25, 0.3) is 0 Å². The SMILES string of the molecule is [BiH3].[H+].[H-].[H-].[O]=[Nb].[Sr+2]. The molecular weight excluding hydrogens is 406 g/mol. The van der Waals surface area contributed by atoms with Crippen LogP contribution in [0.15, 0.2) is 0 Å². The van der Waals surface area contributed by atoms with Gasteiger partial charge >= 0.3 is 97.4 Å². The molecule has 4 heavy (non-hydrogen) atoms. The molecule has 4 heteroatoms. The van der Waals surface area contributed by atoms with Crippen molar-refractivity contribution < 1.29 is 28.6 Å². The van der Waals surface area contributed by atoms with Crippen LogP contribution in [0.1, 0.15) is 4.28 Å². The molecule has 0 spiro atoms. The van der Waals surface area contributed by atoms with Gasteiger partial charge in [0.25, 0.3) is 0 Å². The van der Waals surface area contributed by atoms with E-state index in [1.807, 2.05) is 0 Å². The zero-order valence-electron chi connectivity index (χ0n) is 5.27. The van der Waals surface area contributed by atoms with Crippen LogP contribution in [-0.2, 0) is 24.3 Å². The standard InChI is InChI=1S/Bi.Nb.O.Sr.5H/q;;;+2;;;;2*-1/p+1. The van der Waals surface area contributed by atoms with E-state index in [9.17, 15) is 0 Å². The van der Waals surface area contributed by atoms with Gasteiger partial charge in [-0.05, 0) is 0 Å². The van der Waals surface area contributed by atoms with Gasteiger partial charge in [-0.1, -0.05) is 0 Å². The summed E-state index contributed by atoms with van der Waals surface area (Å²) in [5.41, 5.74) is 0. The molecule has 0 unspecified atom stereocenters. The van der Waals surface area contributed by atoms with Crippen molar-refractivity contribution in [3.05, 3.63) is 0 Å². The van der Waals surface area contributed by atoms with E-state index in [1.54, 1.807) is 0 Å². The maximum absolute atomic E-state index is 8.30. The fourth-order valence-electron chi connectivity index (χ4n) is 0. The Morgan fingerprint density at radius 3 is 1.75 bits per heavy atom. The second-order valence-corrected chi connectivity index (χ2v) is 0. The van der Waals surface area contributed by atoms with Crippen LogP contribution < -0.4 is 0 Å². The first-order valence-corrected chi connectivity index (χ1v) is 1.08. The summed E-state index contributed by atoms with van der Waals surface area (Å²) >= 11 is 0.500. The van der Waals surface area contributed by atoms with Crippen molar-refractivity contribution in [1.82, 2.24) is 0 Å². The number of hydrogen-bond donors (Lipinski definition) is 0. The minimum Gasteiger partial charge on any atom is 2.00 e. The second-order valence-electron chi connectivity index (χ2n) is 0. The minimum absolute atomic E-state index is 0. The fourth-order valence-corrected chi connectivity index (χ4v) is 0. The maximum Gasteiger partial charge on any atom is 2.00 e. The predicted molar refractivity (Wildman–Crippen MR) is 19.7 cm³/mol. The molecule has 1 nitrogen and oxygen atoms in total. The summed E-state index contributed by atoms with van der Waals surface area (Å²) < 4.78 is 8.30. The quantitative estimate of drug-likeness (QED) is 0.451. The molecule has 0 aliphatic heterocycles. The Hall–Kier alpha value is 2.90. The van der Waals surface area contributed by atoms with Gasteiger partial charge in [-0.25, -0.2) is 0 Å². The van der Waals surface area contributed by atoms with Gasteiger partial charge in [0.15, 0.2) is 0 Å². The Balaban J connectivity index is -0.000000000500. The van der Waals surface area contributed by atoms with Gasteiger partial charge < -0.3 is 2.85 Å². The van der Waals surface area contributed by atoms with E-state index in [1.165, 1.54) is 0 Å². The van der Waals surface area contributed by atoms with Crippen molar-refractivity contribution in [2.24, 2.45) is 0 Å².